The molecule has 3 aromatic carbocycles. The van der Waals surface area contributed by atoms with Gasteiger partial charge in [-0.2, -0.15) is 0 Å². The number of para-hydroxylation sites is 1. The number of hydrogen-bond acceptors (Lipinski definition) is 3. The van der Waals surface area contributed by atoms with E-state index in [1.807, 2.05) is 78.9 Å². The van der Waals surface area contributed by atoms with Crippen LogP contribution in [0.25, 0.3) is 0 Å². The zero-order valence-electron chi connectivity index (χ0n) is 14.5. The number of ketones is 1. The summed E-state index contributed by atoms with van der Waals surface area (Å²) >= 11 is 3.40. The number of nitrogens with one attached hydrogen (secondary N) is 1. The van der Waals surface area contributed by atoms with Gasteiger partial charge < -0.3 is 10.1 Å². The minimum Gasteiger partial charge on any atom is -0.497 e. The van der Waals surface area contributed by atoms with Crippen LogP contribution in [0.15, 0.2) is 83.3 Å². The van der Waals surface area contributed by atoms with E-state index in [1.54, 1.807) is 7.11 Å². The number of methoxy groups -OCH3 is 1. The van der Waals surface area contributed by atoms with E-state index in [2.05, 4.69) is 21.2 Å². The van der Waals surface area contributed by atoms with Crippen LogP contribution in [0.4, 0.5) is 5.69 Å². The van der Waals surface area contributed by atoms with Crippen LogP contribution in [-0.4, -0.2) is 12.9 Å². The van der Waals surface area contributed by atoms with Crippen LogP contribution >= 0.6 is 15.9 Å². The third kappa shape index (κ3) is 4.73. The molecule has 0 aliphatic rings. The molecule has 26 heavy (non-hydrogen) atoms. The fourth-order valence-corrected chi connectivity index (χ4v) is 3.03. The van der Waals surface area contributed by atoms with Crippen molar-refractivity contribution in [1.82, 2.24) is 0 Å². The highest BCUT2D eigenvalue weighted by atomic mass is 79.9. The Morgan fingerprint density at radius 2 is 1.62 bits per heavy atom. The summed E-state index contributed by atoms with van der Waals surface area (Å²) < 4.78 is 6.20. The summed E-state index contributed by atoms with van der Waals surface area (Å²) in [5.41, 5.74) is 2.73. The first-order chi connectivity index (χ1) is 12.7. The van der Waals surface area contributed by atoms with Gasteiger partial charge in [0.05, 0.1) is 13.2 Å². The minimum absolute atomic E-state index is 0.0988. The van der Waals surface area contributed by atoms with Gasteiger partial charge in [-0.25, -0.2) is 0 Å². The van der Waals surface area contributed by atoms with Crippen molar-refractivity contribution in [3.8, 4) is 5.75 Å². The molecule has 0 fully saturated rings. The Labute approximate surface area is 162 Å². The van der Waals surface area contributed by atoms with Gasteiger partial charge >= 0.3 is 0 Å². The van der Waals surface area contributed by atoms with Gasteiger partial charge in [0, 0.05) is 22.1 Å². The quantitative estimate of drug-likeness (QED) is 0.494. The van der Waals surface area contributed by atoms with Crippen molar-refractivity contribution >= 4 is 27.4 Å². The molecule has 3 rings (SSSR count). The van der Waals surface area contributed by atoms with Crippen molar-refractivity contribution in [2.75, 3.05) is 12.4 Å². The standard InChI is InChI=1S/C22H20BrNO2/c1-26-20-13-9-16(10-14-20)21(24-19-5-3-2-4-6-19)15-22(25)17-7-11-18(23)12-8-17/h2-14,21,24H,15H2,1H3. The zero-order chi connectivity index (χ0) is 18.4. The molecular formula is C22H20BrNO2. The van der Waals surface area contributed by atoms with Crippen molar-refractivity contribution in [2.45, 2.75) is 12.5 Å². The normalized spacial score (nSPS) is 11.6. The second kappa shape index (κ2) is 8.68. The molecule has 1 unspecified atom stereocenters. The third-order valence-corrected chi connectivity index (χ3v) is 4.72. The summed E-state index contributed by atoms with van der Waals surface area (Å²) in [6.07, 6.45) is 0.364. The van der Waals surface area contributed by atoms with Crippen molar-refractivity contribution in [3.05, 3.63) is 94.5 Å². The summed E-state index contributed by atoms with van der Waals surface area (Å²) in [4.78, 5) is 12.8. The molecule has 1 atom stereocenters. The minimum atomic E-state index is -0.126. The van der Waals surface area contributed by atoms with Gasteiger partial charge in [-0.15, -0.1) is 0 Å². The molecule has 3 aromatic rings. The van der Waals surface area contributed by atoms with Crippen LogP contribution in [-0.2, 0) is 0 Å². The van der Waals surface area contributed by atoms with E-state index in [0.29, 0.717) is 12.0 Å². The van der Waals surface area contributed by atoms with Crippen molar-refractivity contribution in [1.29, 1.82) is 0 Å². The lowest BCUT2D eigenvalue weighted by Crippen LogP contribution is -2.15. The molecule has 0 aromatic heterocycles. The van der Waals surface area contributed by atoms with Crippen LogP contribution in [0.3, 0.4) is 0 Å². The van der Waals surface area contributed by atoms with Crippen LogP contribution in [0, 0.1) is 0 Å². The number of carbonyl (C=O) groups excluding carboxylic acids is 1. The number of carbonyl (C=O) groups is 1. The van der Waals surface area contributed by atoms with Crippen molar-refractivity contribution in [3.63, 3.8) is 0 Å². The summed E-state index contributed by atoms with van der Waals surface area (Å²) in [6, 6.07) is 25.1. The fraction of sp³-hybridized carbons (Fsp3) is 0.136. The predicted molar refractivity (Wildman–Crippen MR) is 109 cm³/mol. The van der Waals surface area contributed by atoms with E-state index >= 15 is 0 Å². The summed E-state index contributed by atoms with van der Waals surface area (Å²) in [7, 11) is 1.64. The highest BCUT2D eigenvalue weighted by Crippen LogP contribution is 2.26. The maximum Gasteiger partial charge on any atom is 0.165 e. The smallest absolute Gasteiger partial charge is 0.165 e. The topological polar surface area (TPSA) is 38.3 Å². The van der Waals surface area contributed by atoms with Crippen LogP contribution in [0.2, 0.25) is 0 Å². The highest BCUT2D eigenvalue weighted by Gasteiger charge is 2.17. The predicted octanol–water partition coefficient (Wildman–Crippen LogP) is 5.88. The molecule has 1 N–H and O–H groups in total. The maximum atomic E-state index is 12.8. The lowest BCUT2D eigenvalue weighted by molar-refractivity contribution is 0.0976. The average Bonchev–Trinajstić information content (AvgIpc) is 2.69. The molecule has 0 bridgehead atoms. The van der Waals surface area contributed by atoms with Crippen LogP contribution in [0.1, 0.15) is 28.4 Å². The second-order valence-corrected chi connectivity index (χ2v) is 6.89. The molecule has 0 saturated carbocycles. The monoisotopic (exact) mass is 409 g/mol. The van der Waals surface area contributed by atoms with Crippen molar-refractivity contribution in [2.24, 2.45) is 0 Å². The van der Waals surface area contributed by atoms with Gasteiger partial charge in [-0.3, -0.25) is 4.79 Å². The SMILES string of the molecule is COc1ccc(C(CC(=O)c2ccc(Br)cc2)Nc2ccccc2)cc1. The Bertz CT molecular complexity index is 846. The first-order valence-electron chi connectivity index (χ1n) is 8.40. The maximum absolute atomic E-state index is 12.8. The Morgan fingerprint density at radius 1 is 0.962 bits per heavy atom. The number of benzene rings is 3. The Kier molecular flexibility index (Phi) is 6.08. The highest BCUT2D eigenvalue weighted by molar-refractivity contribution is 9.10. The van der Waals surface area contributed by atoms with Gasteiger partial charge in [0.2, 0.25) is 0 Å². The zero-order valence-corrected chi connectivity index (χ0v) is 16.1. The van der Waals surface area contributed by atoms with Gasteiger partial charge in [0.1, 0.15) is 5.75 Å². The Hall–Kier alpha value is -2.59. The van der Waals surface area contributed by atoms with Crippen LogP contribution < -0.4 is 10.1 Å². The molecule has 3 nitrogen and oxygen atoms in total. The molecule has 0 saturated heterocycles. The molecule has 0 heterocycles. The largest absolute Gasteiger partial charge is 0.497 e. The number of Topliss-reactive ketones (excluding diaryl/α,β-unsaturated/α-hetero) is 1. The average molecular weight is 410 g/mol. The number of rotatable bonds is 7. The number of ether oxygens (including phenoxy) is 1. The number of halogens is 1. The van der Waals surface area contributed by atoms with Gasteiger partial charge in [0.15, 0.2) is 5.78 Å². The number of anilines is 1. The third-order valence-electron chi connectivity index (χ3n) is 4.19. The molecule has 4 heteroatoms. The van der Waals surface area contributed by atoms with Gasteiger partial charge in [0.25, 0.3) is 0 Å². The molecule has 132 valence electrons. The summed E-state index contributed by atoms with van der Waals surface area (Å²) in [5.74, 6) is 0.896. The first-order valence-corrected chi connectivity index (χ1v) is 9.19. The molecule has 0 aliphatic carbocycles. The van der Waals surface area contributed by atoms with Gasteiger partial charge in [-0.1, -0.05) is 58.4 Å². The number of hydrogen-bond donors (Lipinski definition) is 1. The lowest BCUT2D eigenvalue weighted by atomic mass is 9.97. The summed E-state index contributed by atoms with van der Waals surface area (Å²) in [5, 5.41) is 3.47. The molecule has 0 aliphatic heterocycles. The van der Waals surface area contributed by atoms with E-state index in [0.717, 1.165) is 21.5 Å². The van der Waals surface area contributed by atoms with Crippen molar-refractivity contribution < 1.29 is 9.53 Å². The van der Waals surface area contributed by atoms with Gasteiger partial charge in [-0.05, 0) is 42.0 Å². The Balaban J connectivity index is 1.83. The second-order valence-electron chi connectivity index (χ2n) is 5.97. The van der Waals surface area contributed by atoms with E-state index < -0.39 is 0 Å². The van der Waals surface area contributed by atoms with E-state index in [4.69, 9.17) is 4.74 Å². The molecular weight excluding hydrogens is 390 g/mol. The Morgan fingerprint density at radius 3 is 2.23 bits per heavy atom. The molecule has 0 radical (unpaired) electrons. The summed E-state index contributed by atoms with van der Waals surface area (Å²) in [6.45, 7) is 0. The lowest BCUT2D eigenvalue weighted by Gasteiger charge is -2.20. The van der Waals surface area contributed by atoms with E-state index in [1.165, 1.54) is 0 Å². The molecule has 0 amide bonds. The van der Waals surface area contributed by atoms with E-state index in [-0.39, 0.29) is 11.8 Å². The van der Waals surface area contributed by atoms with E-state index in [9.17, 15) is 4.79 Å². The first kappa shape index (κ1) is 18.2. The fourth-order valence-electron chi connectivity index (χ4n) is 2.76. The van der Waals surface area contributed by atoms with Crippen LogP contribution in [0.5, 0.6) is 5.75 Å². The molecule has 0 spiro atoms.